The van der Waals surface area contributed by atoms with Crippen LogP contribution in [0.25, 0.3) is 22.0 Å². The van der Waals surface area contributed by atoms with E-state index in [0.717, 1.165) is 37.1 Å². The molecule has 0 aliphatic carbocycles. The summed E-state index contributed by atoms with van der Waals surface area (Å²) in [6, 6.07) is 8.93. The molecule has 1 aromatic carbocycles. The van der Waals surface area contributed by atoms with E-state index >= 15 is 0 Å². The zero-order chi connectivity index (χ0) is 17.4. The van der Waals surface area contributed by atoms with Crippen molar-refractivity contribution < 1.29 is 4.39 Å². The molecule has 2 N–H and O–H groups in total. The summed E-state index contributed by atoms with van der Waals surface area (Å²) in [4.78, 5) is 21.4. The van der Waals surface area contributed by atoms with Gasteiger partial charge in [-0.2, -0.15) is 0 Å². The molecular formula is C19H19FN4O. The van der Waals surface area contributed by atoms with Crippen LogP contribution in [-0.4, -0.2) is 36.1 Å². The first-order valence-corrected chi connectivity index (χ1v) is 8.38. The fourth-order valence-electron chi connectivity index (χ4n) is 3.28. The third-order valence-corrected chi connectivity index (χ3v) is 4.65. The normalized spacial score (nSPS) is 14.9. The number of hydrogen-bond donors (Lipinski definition) is 2. The van der Waals surface area contributed by atoms with Crippen LogP contribution in [0.5, 0.6) is 0 Å². The van der Waals surface area contributed by atoms with Gasteiger partial charge in [0.05, 0.1) is 5.69 Å². The van der Waals surface area contributed by atoms with E-state index in [4.69, 9.17) is 0 Å². The summed E-state index contributed by atoms with van der Waals surface area (Å²) in [6.45, 7) is 5.06. The molecule has 0 bridgehead atoms. The number of anilines is 1. The van der Waals surface area contributed by atoms with E-state index in [-0.39, 0.29) is 11.4 Å². The minimum atomic E-state index is -0.370. The molecule has 25 heavy (non-hydrogen) atoms. The Kier molecular flexibility index (Phi) is 3.97. The standard InChI is InChI=1S/C19H19FN4O/c1-12-3-2-4-14-15(12)10-17(23-19(14)25)13-9-16(20)18(22-11-13)24-7-5-21-6-8-24/h2-4,9-11,21H,5-8H2,1H3,(H,23,25). The van der Waals surface area contributed by atoms with Crippen molar-refractivity contribution in [3.8, 4) is 11.3 Å². The van der Waals surface area contributed by atoms with Crippen molar-refractivity contribution in [1.29, 1.82) is 0 Å². The van der Waals surface area contributed by atoms with Gasteiger partial charge in [-0.05, 0) is 36.1 Å². The number of pyridine rings is 2. The van der Waals surface area contributed by atoms with Gasteiger partial charge in [-0.1, -0.05) is 12.1 Å². The predicted molar refractivity (Wildman–Crippen MR) is 97.6 cm³/mol. The Morgan fingerprint density at radius 2 is 1.96 bits per heavy atom. The maximum Gasteiger partial charge on any atom is 0.256 e. The van der Waals surface area contributed by atoms with Gasteiger partial charge in [0.1, 0.15) is 0 Å². The lowest BCUT2D eigenvalue weighted by atomic mass is 10.0. The minimum absolute atomic E-state index is 0.178. The highest BCUT2D eigenvalue weighted by Crippen LogP contribution is 2.25. The Hall–Kier alpha value is -2.73. The van der Waals surface area contributed by atoms with Gasteiger partial charge < -0.3 is 15.2 Å². The van der Waals surface area contributed by atoms with Crippen LogP contribution in [0.15, 0.2) is 41.3 Å². The molecule has 2 aromatic heterocycles. The van der Waals surface area contributed by atoms with Crippen molar-refractivity contribution in [2.45, 2.75) is 6.92 Å². The molecule has 0 unspecified atom stereocenters. The van der Waals surface area contributed by atoms with E-state index in [0.29, 0.717) is 22.5 Å². The van der Waals surface area contributed by atoms with Crippen LogP contribution < -0.4 is 15.8 Å². The van der Waals surface area contributed by atoms with Gasteiger partial charge in [0.25, 0.3) is 5.56 Å². The number of nitrogens with one attached hydrogen (secondary N) is 2. The monoisotopic (exact) mass is 338 g/mol. The number of aromatic nitrogens is 2. The zero-order valence-corrected chi connectivity index (χ0v) is 14.0. The molecule has 3 heterocycles. The number of hydrogen-bond acceptors (Lipinski definition) is 4. The lowest BCUT2D eigenvalue weighted by Crippen LogP contribution is -2.44. The Morgan fingerprint density at radius 3 is 2.72 bits per heavy atom. The lowest BCUT2D eigenvalue weighted by Gasteiger charge is -2.28. The van der Waals surface area contributed by atoms with Gasteiger partial charge >= 0.3 is 0 Å². The number of piperazine rings is 1. The van der Waals surface area contributed by atoms with Crippen molar-refractivity contribution in [3.63, 3.8) is 0 Å². The van der Waals surface area contributed by atoms with E-state index in [1.807, 2.05) is 30.0 Å². The lowest BCUT2D eigenvalue weighted by molar-refractivity contribution is 0.559. The zero-order valence-electron chi connectivity index (χ0n) is 14.0. The Morgan fingerprint density at radius 1 is 1.16 bits per heavy atom. The molecular weight excluding hydrogens is 319 g/mol. The maximum atomic E-state index is 14.6. The summed E-state index contributed by atoms with van der Waals surface area (Å²) in [7, 11) is 0. The molecule has 1 fully saturated rings. The average molecular weight is 338 g/mol. The highest BCUT2D eigenvalue weighted by atomic mass is 19.1. The van der Waals surface area contributed by atoms with Crippen LogP contribution in [0.4, 0.5) is 10.2 Å². The van der Waals surface area contributed by atoms with Gasteiger partial charge in [0.2, 0.25) is 0 Å². The Balaban J connectivity index is 1.77. The van der Waals surface area contributed by atoms with Gasteiger partial charge in [0, 0.05) is 43.3 Å². The fourth-order valence-corrected chi connectivity index (χ4v) is 3.28. The SMILES string of the molecule is Cc1cccc2c(=O)[nH]c(-c3cnc(N4CCNCC4)c(F)c3)cc12. The summed E-state index contributed by atoms with van der Waals surface area (Å²) in [5.41, 5.74) is 1.97. The van der Waals surface area contributed by atoms with Crippen molar-refractivity contribution in [2.24, 2.45) is 0 Å². The van der Waals surface area contributed by atoms with Crippen LogP contribution in [-0.2, 0) is 0 Å². The summed E-state index contributed by atoms with van der Waals surface area (Å²) in [5, 5.41) is 4.74. The number of rotatable bonds is 2. The molecule has 1 aliphatic rings. The minimum Gasteiger partial charge on any atom is -0.352 e. The van der Waals surface area contributed by atoms with Gasteiger partial charge in [-0.15, -0.1) is 0 Å². The summed E-state index contributed by atoms with van der Waals surface area (Å²) in [6.07, 6.45) is 1.62. The van der Waals surface area contributed by atoms with E-state index in [2.05, 4.69) is 15.3 Å². The number of benzene rings is 1. The smallest absolute Gasteiger partial charge is 0.256 e. The van der Waals surface area contributed by atoms with Crippen LogP contribution in [0.3, 0.4) is 0 Å². The topological polar surface area (TPSA) is 61.0 Å². The molecule has 6 heteroatoms. The third kappa shape index (κ3) is 2.89. The van der Waals surface area contributed by atoms with Crippen molar-refractivity contribution >= 4 is 16.6 Å². The second-order valence-corrected chi connectivity index (χ2v) is 6.31. The molecule has 1 saturated heterocycles. The van der Waals surface area contributed by atoms with Crippen molar-refractivity contribution in [3.05, 3.63) is 58.3 Å². The number of aromatic amines is 1. The second kappa shape index (κ2) is 6.29. The third-order valence-electron chi connectivity index (χ3n) is 4.65. The van der Waals surface area contributed by atoms with Crippen LogP contribution >= 0.6 is 0 Å². The molecule has 0 radical (unpaired) electrons. The average Bonchev–Trinajstić information content (AvgIpc) is 2.63. The van der Waals surface area contributed by atoms with E-state index in [1.54, 1.807) is 12.3 Å². The van der Waals surface area contributed by atoms with Gasteiger partial charge in [0.15, 0.2) is 11.6 Å². The molecule has 1 aliphatic heterocycles. The number of nitrogens with zero attached hydrogens (tertiary/aromatic N) is 2. The van der Waals surface area contributed by atoms with E-state index in [1.165, 1.54) is 6.07 Å². The van der Waals surface area contributed by atoms with Crippen molar-refractivity contribution in [2.75, 3.05) is 31.1 Å². The first kappa shape index (κ1) is 15.8. The molecule has 0 amide bonds. The highest BCUT2D eigenvalue weighted by Gasteiger charge is 2.17. The first-order chi connectivity index (χ1) is 12.1. The summed E-state index contributed by atoms with van der Waals surface area (Å²) < 4.78 is 14.6. The number of fused-ring (bicyclic) bond motifs is 1. The molecule has 128 valence electrons. The van der Waals surface area contributed by atoms with Crippen molar-refractivity contribution in [1.82, 2.24) is 15.3 Å². The fraction of sp³-hybridized carbons (Fsp3) is 0.263. The van der Waals surface area contributed by atoms with Crippen LogP contribution in [0.1, 0.15) is 5.56 Å². The maximum absolute atomic E-state index is 14.6. The second-order valence-electron chi connectivity index (χ2n) is 6.31. The molecule has 5 nitrogen and oxygen atoms in total. The molecule has 0 spiro atoms. The van der Waals surface area contributed by atoms with E-state index < -0.39 is 0 Å². The Bertz CT molecular complexity index is 992. The van der Waals surface area contributed by atoms with Crippen LogP contribution in [0.2, 0.25) is 0 Å². The molecule has 4 rings (SSSR count). The molecule has 0 atom stereocenters. The largest absolute Gasteiger partial charge is 0.352 e. The summed E-state index contributed by atoms with van der Waals surface area (Å²) in [5.74, 6) is -0.00491. The molecule has 3 aromatic rings. The number of halogens is 1. The highest BCUT2D eigenvalue weighted by molar-refractivity contribution is 5.87. The number of aryl methyl sites for hydroxylation is 1. The first-order valence-electron chi connectivity index (χ1n) is 8.38. The molecule has 0 saturated carbocycles. The summed E-state index contributed by atoms with van der Waals surface area (Å²) >= 11 is 0. The van der Waals surface area contributed by atoms with Crippen LogP contribution in [0, 0.1) is 12.7 Å². The van der Waals surface area contributed by atoms with Gasteiger partial charge in [-0.3, -0.25) is 4.79 Å². The van der Waals surface area contributed by atoms with E-state index in [9.17, 15) is 9.18 Å². The number of H-pyrrole nitrogens is 1. The predicted octanol–water partition coefficient (Wildman–Crippen LogP) is 2.45. The van der Waals surface area contributed by atoms with Gasteiger partial charge in [-0.25, -0.2) is 9.37 Å². The quantitative estimate of drug-likeness (QED) is 0.753. The Labute approximate surface area is 144 Å².